The van der Waals surface area contributed by atoms with E-state index in [0.29, 0.717) is 12.3 Å². The SMILES string of the molecule is Nc1cccnc1N1CCN(C(=O)C2CCCOC2)CC1. The number of pyridine rings is 1. The van der Waals surface area contributed by atoms with Crippen LogP contribution in [0.2, 0.25) is 0 Å². The molecule has 1 aromatic heterocycles. The minimum atomic E-state index is 0.0465. The Balaban J connectivity index is 1.57. The minimum Gasteiger partial charge on any atom is -0.396 e. The number of hydrogen-bond acceptors (Lipinski definition) is 5. The Morgan fingerprint density at radius 1 is 1.33 bits per heavy atom. The summed E-state index contributed by atoms with van der Waals surface area (Å²) in [4.78, 5) is 20.9. The molecule has 3 rings (SSSR count). The first-order valence-corrected chi connectivity index (χ1v) is 7.57. The lowest BCUT2D eigenvalue weighted by atomic mass is 10.0. The second-order valence-corrected chi connectivity index (χ2v) is 5.64. The van der Waals surface area contributed by atoms with E-state index in [9.17, 15) is 4.79 Å². The van der Waals surface area contributed by atoms with Gasteiger partial charge in [0, 0.05) is 39.0 Å². The molecule has 1 aromatic rings. The molecular weight excluding hydrogens is 268 g/mol. The number of piperazine rings is 1. The van der Waals surface area contributed by atoms with Crippen LogP contribution in [0.5, 0.6) is 0 Å². The molecule has 2 aliphatic heterocycles. The number of nitrogen functional groups attached to an aromatic ring is 1. The van der Waals surface area contributed by atoms with E-state index in [2.05, 4.69) is 9.88 Å². The summed E-state index contributed by atoms with van der Waals surface area (Å²) in [6.07, 6.45) is 3.69. The van der Waals surface area contributed by atoms with Gasteiger partial charge >= 0.3 is 0 Å². The van der Waals surface area contributed by atoms with Crippen LogP contribution in [0.1, 0.15) is 12.8 Å². The number of hydrogen-bond donors (Lipinski definition) is 1. The number of ether oxygens (including phenoxy) is 1. The molecule has 0 spiro atoms. The van der Waals surface area contributed by atoms with Gasteiger partial charge in [0.25, 0.3) is 0 Å². The summed E-state index contributed by atoms with van der Waals surface area (Å²) >= 11 is 0. The first-order chi connectivity index (χ1) is 10.3. The fourth-order valence-corrected chi connectivity index (χ4v) is 3.01. The van der Waals surface area contributed by atoms with Crippen LogP contribution in [0.3, 0.4) is 0 Å². The van der Waals surface area contributed by atoms with Gasteiger partial charge in [0.15, 0.2) is 5.82 Å². The summed E-state index contributed by atoms with van der Waals surface area (Å²) < 4.78 is 5.42. The van der Waals surface area contributed by atoms with E-state index in [4.69, 9.17) is 10.5 Å². The Morgan fingerprint density at radius 3 is 2.81 bits per heavy atom. The molecule has 0 aromatic carbocycles. The standard InChI is InChI=1S/C15H22N4O2/c16-13-4-1-5-17-14(13)18-6-8-19(9-7-18)15(20)12-3-2-10-21-11-12/h1,4-5,12H,2-3,6-11,16H2. The van der Waals surface area contributed by atoms with Crippen molar-refractivity contribution in [1.82, 2.24) is 9.88 Å². The number of rotatable bonds is 2. The van der Waals surface area contributed by atoms with Gasteiger partial charge in [-0.3, -0.25) is 4.79 Å². The predicted octanol–water partition coefficient (Wildman–Crippen LogP) is 0.739. The van der Waals surface area contributed by atoms with Gasteiger partial charge in [-0.15, -0.1) is 0 Å². The highest BCUT2D eigenvalue weighted by atomic mass is 16.5. The van der Waals surface area contributed by atoms with Crippen molar-refractivity contribution in [1.29, 1.82) is 0 Å². The van der Waals surface area contributed by atoms with Crippen molar-refractivity contribution in [2.45, 2.75) is 12.8 Å². The molecule has 2 N–H and O–H groups in total. The van der Waals surface area contributed by atoms with Gasteiger partial charge in [0.05, 0.1) is 18.2 Å². The second kappa shape index (κ2) is 6.30. The zero-order chi connectivity index (χ0) is 14.7. The zero-order valence-corrected chi connectivity index (χ0v) is 12.2. The molecule has 0 radical (unpaired) electrons. The van der Waals surface area contributed by atoms with Crippen LogP contribution in [0.15, 0.2) is 18.3 Å². The van der Waals surface area contributed by atoms with Crippen molar-refractivity contribution in [3.8, 4) is 0 Å². The topological polar surface area (TPSA) is 71.7 Å². The maximum Gasteiger partial charge on any atom is 0.228 e. The van der Waals surface area contributed by atoms with Crippen molar-refractivity contribution < 1.29 is 9.53 Å². The van der Waals surface area contributed by atoms with Crippen LogP contribution >= 0.6 is 0 Å². The molecule has 0 bridgehead atoms. The van der Waals surface area contributed by atoms with E-state index in [1.807, 2.05) is 17.0 Å². The molecular formula is C15H22N4O2. The summed E-state index contributed by atoms with van der Waals surface area (Å²) in [5, 5.41) is 0. The van der Waals surface area contributed by atoms with Crippen LogP contribution in [0, 0.1) is 5.92 Å². The maximum absolute atomic E-state index is 12.5. The van der Waals surface area contributed by atoms with Gasteiger partial charge in [0.2, 0.25) is 5.91 Å². The van der Waals surface area contributed by atoms with Crippen molar-refractivity contribution in [2.75, 3.05) is 50.0 Å². The lowest BCUT2D eigenvalue weighted by Gasteiger charge is -2.37. The predicted molar refractivity (Wildman–Crippen MR) is 81.0 cm³/mol. The van der Waals surface area contributed by atoms with Crippen molar-refractivity contribution in [3.05, 3.63) is 18.3 Å². The highest BCUT2D eigenvalue weighted by molar-refractivity contribution is 5.79. The molecule has 2 fully saturated rings. The zero-order valence-electron chi connectivity index (χ0n) is 12.2. The molecule has 6 heteroatoms. The average Bonchev–Trinajstić information content (AvgIpc) is 2.56. The Hall–Kier alpha value is -1.82. The summed E-state index contributed by atoms with van der Waals surface area (Å²) in [5.74, 6) is 1.11. The summed E-state index contributed by atoms with van der Waals surface area (Å²) in [6.45, 7) is 4.38. The number of nitrogens with zero attached hydrogens (tertiary/aromatic N) is 3. The van der Waals surface area contributed by atoms with Crippen molar-refractivity contribution in [2.24, 2.45) is 5.92 Å². The third kappa shape index (κ3) is 3.10. The molecule has 114 valence electrons. The minimum absolute atomic E-state index is 0.0465. The number of anilines is 2. The number of nitrogens with two attached hydrogens (primary N) is 1. The molecule has 1 unspecified atom stereocenters. The van der Waals surface area contributed by atoms with Gasteiger partial charge in [0.1, 0.15) is 0 Å². The smallest absolute Gasteiger partial charge is 0.228 e. The lowest BCUT2D eigenvalue weighted by molar-refractivity contribution is -0.140. The van der Waals surface area contributed by atoms with Crippen LogP contribution < -0.4 is 10.6 Å². The van der Waals surface area contributed by atoms with E-state index in [1.165, 1.54) is 0 Å². The number of amides is 1. The quantitative estimate of drug-likeness (QED) is 0.870. The Bertz CT molecular complexity index is 494. The monoisotopic (exact) mass is 290 g/mol. The second-order valence-electron chi connectivity index (χ2n) is 5.64. The molecule has 2 saturated heterocycles. The molecule has 2 aliphatic rings. The molecule has 1 amide bonds. The van der Waals surface area contributed by atoms with Crippen LogP contribution in [0.25, 0.3) is 0 Å². The number of carbonyl (C=O) groups is 1. The third-order valence-electron chi connectivity index (χ3n) is 4.22. The molecule has 0 aliphatic carbocycles. The van der Waals surface area contributed by atoms with Crippen LogP contribution in [0.4, 0.5) is 11.5 Å². The summed E-state index contributed by atoms with van der Waals surface area (Å²) in [5.41, 5.74) is 6.65. The van der Waals surface area contributed by atoms with Crippen LogP contribution in [-0.4, -0.2) is 55.2 Å². The number of aromatic nitrogens is 1. The highest BCUT2D eigenvalue weighted by Crippen LogP contribution is 2.22. The summed E-state index contributed by atoms with van der Waals surface area (Å²) in [7, 11) is 0. The fourth-order valence-electron chi connectivity index (χ4n) is 3.01. The summed E-state index contributed by atoms with van der Waals surface area (Å²) in [6, 6.07) is 3.70. The normalized spacial score (nSPS) is 23.1. The third-order valence-corrected chi connectivity index (χ3v) is 4.22. The molecule has 21 heavy (non-hydrogen) atoms. The van der Waals surface area contributed by atoms with Crippen molar-refractivity contribution >= 4 is 17.4 Å². The highest BCUT2D eigenvalue weighted by Gasteiger charge is 2.29. The Labute approximate surface area is 124 Å². The molecule has 1 atom stereocenters. The molecule has 3 heterocycles. The van der Waals surface area contributed by atoms with E-state index in [0.717, 1.165) is 51.4 Å². The van der Waals surface area contributed by atoms with Crippen LogP contribution in [-0.2, 0) is 9.53 Å². The van der Waals surface area contributed by atoms with E-state index in [1.54, 1.807) is 6.20 Å². The van der Waals surface area contributed by atoms with E-state index < -0.39 is 0 Å². The van der Waals surface area contributed by atoms with Gasteiger partial charge in [-0.25, -0.2) is 4.98 Å². The largest absolute Gasteiger partial charge is 0.396 e. The molecule has 0 saturated carbocycles. The Morgan fingerprint density at radius 2 is 2.14 bits per heavy atom. The first kappa shape index (κ1) is 14.1. The number of carbonyl (C=O) groups excluding carboxylic acids is 1. The lowest BCUT2D eigenvalue weighted by Crippen LogP contribution is -2.51. The Kier molecular flexibility index (Phi) is 4.24. The molecule has 6 nitrogen and oxygen atoms in total. The van der Waals surface area contributed by atoms with Gasteiger partial charge in [-0.1, -0.05) is 0 Å². The average molecular weight is 290 g/mol. The van der Waals surface area contributed by atoms with E-state index in [-0.39, 0.29) is 11.8 Å². The van der Waals surface area contributed by atoms with Gasteiger partial charge < -0.3 is 20.3 Å². The van der Waals surface area contributed by atoms with Gasteiger partial charge in [-0.2, -0.15) is 0 Å². The first-order valence-electron chi connectivity index (χ1n) is 7.57. The fraction of sp³-hybridized carbons (Fsp3) is 0.600. The van der Waals surface area contributed by atoms with Crippen molar-refractivity contribution in [3.63, 3.8) is 0 Å². The van der Waals surface area contributed by atoms with Gasteiger partial charge in [-0.05, 0) is 25.0 Å². The maximum atomic E-state index is 12.5. The van der Waals surface area contributed by atoms with E-state index >= 15 is 0 Å².